The van der Waals surface area contributed by atoms with E-state index >= 15 is 0 Å². The first-order valence-corrected chi connectivity index (χ1v) is 6.88. The van der Waals surface area contributed by atoms with Crippen molar-refractivity contribution in [3.05, 3.63) is 59.9 Å². The van der Waals surface area contributed by atoms with Gasteiger partial charge in [0.15, 0.2) is 0 Å². The topological polar surface area (TPSA) is 94.8 Å². The molecule has 0 spiro atoms. The lowest BCUT2D eigenvalue weighted by atomic mass is 10.2. The van der Waals surface area contributed by atoms with E-state index in [2.05, 4.69) is 9.72 Å². The molecule has 0 atom stereocenters. The Morgan fingerprint density at radius 2 is 1.91 bits per heavy atom. The molecule has 1 aromatic carbocycles. The van der Waals surface area contributed by atoms with E-state index in [-0.39, 0.29) is 13.1 Å². The Bertz CT molecular complexity index is 676. The molecule has 0 amide bonds. The molecule has 7 heteroatoms. The van der Waals surface area contributed by atoms with Crippen LogP contribution < -0.4 is 5.73 Å². The molecule has 0 aliphatic carbocycles. The van der Waals surface area contributed by atoms with Crippen LogP contribution in [-0.2, 0) is 20.9 Å². The first-order chi connectivity index (χ1) is 11.1. The smallest absolute Gasteiger partial charge is 0.357 e. The molecule has 1 heterocycles. The third kappa shape index (κ3) is 4.79. The maximum absolute atomic E-state index is 12.1. The van der Waals surface area contributed by atoms with Crippen LogP contribution in [0.3, 0.4) is 0 Å². The highest BCUT2D eigenvalue weighted by Crippen LogP contribution is 2.12. The Kier molecular flexibility index (Phi) is 5.65. The minimum absolute atomic E-state index is 0.0698. The van der Waals surface area contributed by atoms with Crippen molar-refractivity contribution < 1.29 is 19.2 Å². The summed E-state index contributed by atoms with van der Waals surface area (Å²) in [5.74, 6) is -1.12. The molecule has 2 aromatic rings. The first-order valence-electron chi connectivity index (χ1n) is 6.88. The number of hydroxylamine groups is 2. The number of carbonyl (C=O) groups is 2. The summed E-state index contributed by atoms with van der Waals surface area (Å²) in [6, 6.07) is 11.8. The van der Waals surface area contributed by atoms with Gasteiger partial charge in [0.1, 0.15) is 6.54 Å². The number of benzene rings is 1. The molecule has 0 fully saturated rings. The van der Waals surface area contributed by atoms with Crippen LogP contribution in [0, 0.1) is 0 Å². The largest absolute Gasteiger partial charge is 0.468 e. The molecule has 0 aliphatic rings. The SMILES string of the molecule is COC(=O)CN(Cc1ncccc1N)OC(=O)c1ccccc1. The van der Waals surface area contributed by atoms with E-state index in [1.165, 1.54) is 12.2 Å². The normalized spacial score (nSPS) is 10.3. The Hall–Kier alpha value is -2.93. The lowest BCUT2D eigenvalue weighted by molar-refractivity contribution is -0.160. The summed E-state index contributed by atoms with van der Waals surface area (Å²) in [5.41, 5.74) is 7.14. The van der Waals surface area contributed by atoms with Gasteiger partial charge in [-0.05, 0) is 24.3 Å². The van der Waals surface area contributed by atoms with Gasteiger partial charge in [-0.3, -0.25) is 9.78 Å². The van der Waals surface area contributed by atoms with Crippen LogP contribution in [0.4, 0.5) is 5.69 Å². The summed E-state index contributed by atoms with van der Waals surface area (Å²) < 4.78 is 4.61. The van der Waals surface area contributed by atoms with Crippen molar-refractivity contribution in [3.8, 4) is 0 Å². The molecule has 7 nitrogen and oxygen atoms in total. The molecule has 0 saturated carbocycles. The van der Waals surface area contributed by atoms with E-state index in [1.807, 2.05) is 0 Å². The Labute approximate surface area is 133 Å². The van der Waals surface area contributed by atoms with Gasteiger partial charge in [0.2, 0.25) is 0 Å². The minimum Gasteiger partial charge on any atom is -0.468 e. The average Bonchev–Trinajstić information content (AvgIpc) is 2.57. The number of aromatic nitrogens is 1. The standard InChI is InChI=1S/C16H17N3O4/c1-22-15(20)11-19(10-14-13(17)8-5-9-18-14)23-16(21)12-6-3-2-4-7-12/h2-9H,10-11,17H2,1H3. The lowest BCUT2D eigenvalue weighted by Gasteiger charge is -2.20. The number of hydrogen-bond acceptors (Lipinski definition) is 7. The van der Waals surface area contributed by atoms with Gasteiger partial charge in [-0.15, -0.1) is 5.06 Å². The zero-order valence-corrected chi connectivity index (χ0v) is 12.6. The fourth-order valence-electron chi connectivity index (χ4n) is 1.82. The van der Waals surface area contributed by atoms with Gasteiger partial charge in [-0.1, -0.05) is 18.2 Å². The van der Waals surface area contributed by atoms with E-state index in [9.17, 15) is 9.59 Å². The fourth-order valence-corrected chi connectivity index (χ4v) is 1.82. The summed E-state index contributed by atoms with van der Waals surface area (Å²) >= 11 is 0. The Morgan fingerprint density at radius 3 is 2.57 bits per heavy atom. The number of nitrogens with two attached hydrogens (primary N) is 1. The summed E-state index contributed by atoms with van der Waals surface area (Å²) in [4.78, 5) is 33.0. The molecule has 0 unspecified atom stereocenters. The van der Waals surface area contributed by atoms with Crippen LogP contribution in [0.15, 0.2) is 48.7 Å². The third-order valence-corrected chi connectivity index (χ3v) is 3.01. The summed E-state index contributed by atoms with van der Waals surface area (Å²) in [6.45, 7) is -0.161. The second kappa shape index (κ2) is 7.90. The van der Waals surface area contributed by atoms with Crippen molar-refractivity contribution in [3.63, 3.8) is 0 Å². The van der Waals surface area contributed by atoms with Gasteiger partial charge in [0.25, 0.3) is 0 Å². The molecule has 0 saturated heterocycles. The fraction of sp³-hybridized carbons (Fsp3) is 0.188. The molecule has 0 aliphatic heterocycles. The first kappa shape index (κ1) is 16.4. The molecule has 120 valence electrons. The van der Waals surface area contributed by atoms with Crippen LogP contribution in [0.5, 0.6) is 0 Å². The highest BCUT2D eigenvalue weighted by atomic mass is 16.7. The maximum Gasteiger partial charge on any atom is 0.357 e. The summed E-state index contributed by atoms with van der Waals surface area (Å²) in [6.07, 6.45) is 1.57. The van der Waals surface area contributed by atoms with E-state index in [0.717, 1.165) is 0 Å². The average molecular weight is 315 g/mol. The number of methoxy groups -OCH3 is 1. The predicted molar refractivity (Wildman–Crippen MR) is 82.9 cm³/mol. The van der Waals surface area contributed by atoms with Crippen molar-refractivity contribution in [1.29, 1.82) is 0 Å². The van der Waals surface area contributed by atoms with Gasteiger partial charge in [-0.2, -0.15) is 0 Å². The molecular formula is C16H17N3O4. The number of ether oxygens (including phenoxy) is 1. The quantitative estimate of drug-likeness (QED) is 0.636. The zero-order valence-electron chi connectivity index (χ0n) is 12.6. The highest BCUT2D eigenvalue weighted by molar-refractivity contribution is 5.89. The number of nitrogens with zero attached hydrogens (tertiary/aromatic N) is 2. The molecule has 2 rings (SSSR count). The molecule has 1 aromatic heterocycles. The van der Waals surface area contributed by atoms with Crippen molar-refractivity contribution in [2.24, 2.45) is 0 Å². The van der Waals surface area contributed by atoms with Crippen molar-refractivity contribution >= 4 is 17.6 Å². The van der Waals surface area contributed by atoms with E-state index in [1.54, 1.807) is 48.7 Å². The number of rotatable bonds is 6. The van der Waals surface area contributed by atoms with Gasteiger partial charge in [0, 0.05) is 6.20 Å². The maximum atomic E-state index is 12.1. The Morgan fingerprint density at radius 1 is 1.17 bits per heavy atom. The van der Waals surface area contributed by atoms with Gasteiger partial charge < -0.3 is 15.3 Å². The summed E-state index contributed by atoms with van der Waals surface area (Å²) in [7, 11) is 1.26. The molecular weight excluding hydrogens is 298 g/mol. The van der Waals surface area contributed by atoms with Gasteiger partial charge in [-0.25, -0.2) is 4.79 Å². The van der Waals surface area contributed by atoms with Crippen molar-refractivity contribution in [2.75, 3.05) is 19.4 Å². The highest BCUT2D eigenvalue weighted by Gasteiger charge is 2.19. The summed E-state index contributed by atoms with van der Waals surface area (Å²) in [5, 5.41) is 1.17. The number of carbonyl (C=O) groups excluding carboxylic acids is 2. The number of anilines is 1. The Balaban J connectivity index is 2.12. The molecule has 2 N–H and O–H groups in total. The van der Waals surface area contributed by atoms with Crippen molar-refractivity contribution in [1.82, 2.24) is 10.0 Å². The van der Waals surface area contributed by atoms with Crippen LogP contribution >= 0.6 is 0 Å². The van der Waals surface area contributed by atoms with Gasteiger partial charge in [0.05, 0.1) is 30.6 Å². The van der Waals surface area contributed by atoms with Crippen LogP contribution in [-0.4, -0.2) is 35.6 Å². The van der Waals surface area contributed by atoms with E-state index in [0.29, 0.717) is 16.9 Å². The second-order valence-electron chi connectivity index (χ2n) is 4.66. The third-order valence-electron chi connectivity index (χ3n) is 3.01. The van der Waals surface area contributed by atoms with E-state index < -0.39 is 11.9 Å². The minimum atomic E-state index is -0.580. The molecule has 0 bridgehead atoms. The van der Waals surface area contributed by atoms with Crippen LogP contribution in [0.2, 0.25) is 0 Å². The van der Waals surface area contributed by atoms with E-state index in [4.69, 9.17) is 10.6 Å². The molecule has 0 radical (unpaired) electrons. The second-order valence-corrected chi connectivity index (χ2v) is 4.66. The number of pyridine rings is 1. The number of nitrogen functional groups attached to an aromatic ring is 1. The van der Waals surface area contributed by atoms with Gasteiger partial charge >= 0.3 is 11.9 Å². The van der Waals surface area contributed by atoms with Crippen LogP contribution in [0.25, 0.3) is 0 Å². The van der Waals surface area contributed by atoms with Crippen molar-refractivity contribution in [2.45, 2.75) is 6.54 Å². The molecule has 23 heavy (non-hydrogen) atoms. The zero-order chi connectivity index (χ0) is 16.7. The lowest BCUT2D eigenvalue weighted by Crippen LogP contribution is -2.33. The number of hydrogen-bond donors (Lipinski definition) is 1. The predicted octanol–water partition coefficient (Wildman–Crippen LogP) is 1.41. The number of esters is 1. The van der Waals surface area contributed by atoms with Crippen LogP contribution in [0.1, 0.15) is 16.1 Å². The monoisotopic (exact) mass is 315 g/mol.